The van der Waals surface area contributed by atoms with E-state index in [4.69, 9.17) is 0 Å². The minimum absolute atomic E-state index is 0.266. The van der Waals surface area contributed by atoms with E-state index in [1.165, 1.54) is 23.8 Å². The van der Waals surface area contributed by atoms with Gasteiger partial charge < -0.3 is 15.2 Å². The number of hydrogen-bond donors (Lipinski definition) is 1. The van der Waals surface area contributed by atoms with Crippen molar-refractivity contribution in [1.29, 1.82) is 0 Å². The van der Waals surface area contributed by atoms with E-state index in [1.54, 1.807) is 6.26 Å². The van der Waals surface area contributed by atoms with Crippen LogP contribution in [-0.2, 0) is 0 Å². The van der Waals surface area contributed by atoms with Crippen molar-refractivity contribution in [3.05, 3.63) is 10.1 Å². The number of hydrazone groups is 1. The normalized spacial score (nSPS) is 19.3. The summed E-state index contributed by atoms with van der Waals surface area (Å²) in [5, 5.41) is 29.5. The van der Waals surface area contributed by atoms with Gasteiger partial charge in [0.25, 0.3) is 12.2 Å². The van der Waals surface area contributed by atoms with Gasteiger partial charge in [-0.25, -0.2) is 0 Å². The first-order valence-corrected chi connectivity index (χ1v) is 5.42. The molecule has 1 aliphatic heterocycles. The van der Waals surface area contributed by atoms with Crippen molar-refractivity contribution in [2.24, 2.45) is 5.10 Å². The van der Waals surface area contributed by atoms with E-state index in [2.05, 4.69) is 15.2 Å². The van der Waals surface area contributed by atoms with Crippen molar-refractivity contribution in [2.45, 2.75) is 11.4 Å². The van der Waals surface area contributed by atoms with E-state index in [-0.39, 0.29) is 5.95 Å². The Bertz CT molecular complexity index is 471. The number of hydrogen-bond acceptors (Lipinski definition) is 8. The number of fused-ring (bicyclic) bond motifs is 1. The predicted molar refractivity (Wildman–Crippen MR) is 55.9 cm³/mol. The Kier molecular flexibility index (Phi) is 2.52. The summed E-state index contributed by atoms with van der Waals surface area (Å²) in [6.07, 6.45) is 0.262. The Morgan fingerprint density at radius 1 is 1.62 bits per heavy atom. The highest BCUT2D eigenvalue weighted by molar-refractivity contribution is 7.98. The molecule has 1 atom stereocenters. The number of aliphatic hydroxyl groups is 1. The van der Waals surface area contributed by atoms with Gasteiger partial charge in [-0.3, -0.25) is 0 Å². The highest BCUT2D eigenvalue weighted by Gasteiger charge is 2.37. The highest BCUT2D eigenvalue weighted by atomic mass is 32.2. The molecule has 0 amide bonds. The molecule has 0 aromatic carbocycles. The summed E-state index contributed by atoms with van der Waals surface area (Å²) in [6, 6.07) is 0. The standard InChI is InChI=1S/C6H8N6O3S/c1-10-6-7-5(16-2)9-11(6)4(13)3(8-10)12(14)15/h4,13H,1-2H3. The van der Waals surface area contributed by atoms with Crippen molar-refractivity contribution in [3.8, 4) is 0 Å². The van der Waals surface area contributed by atoms with Gasteiger partial charge in [-0.05, 0) is 11.2 Å². The smallest absolute Gasteiger partial charge is 0.362 e. The van der Waals surface area contributed by atoms with Gasteiger partial charge in [-0.1, -0.05) is 11.8 Å². The molecule has 0 bridgehead atoms. The number of aromatic nitrogens is 3. The fourth-order valence-electron chi connectivity index (χ4n) is 1.26. The Labute approximate surface area is 93.9 Å². The molecule has 0 saturated heterocycles. The van der Waals surface area contributed by atoms with E-state index in [1.807, 2.05) is 0 Å². The minimum Gasteiger partial charge on any atom is -0.362 e. The number of anilines is 1. The Hall–Kier alpha value is -1.68. The molecule has 2 rings (SSSR count). The maximum atomic E-state index is 10.6. The van der Waals surface area contributed by atoms with Crippen molar-refractivity contribution in [2.75, 3.05) is 18.3 Å². The molecule has 2 heterocycles. The summed E-state index contributed by atoms with van der Waals surface area (Å²) in [7, 11) is 1.50. The average molecular weight is 244 g/mol. The molecule has 1 aliphatic rings. The molecule has 0 spiro atoms. The zero-order chi connectivity index (χ0) is 11.9. The molecule has 1 unspecified atom stereocenters. The van der Waals surface area contributed by atoms with Crippen molar-refractivity contribution in [1.82, 2.24) is 14.8 Å². The third kappa shape index (κ3) is 1.51. The van der Waals surface area contributed by atoms with Crippen molar-refractivity contribution >= 4 is 23.5 Å². The van der Waals surface area contributed by atoms with Gasteiger partial charge in [0.2, 0.25) is 5.16 Å². The van der Waals surface area contributed by atoms with E-state index in [9.17, 15) is 15.2 Å². The molecular formula is C6H8N6O3S. The van der Waals surface area contributed by atoms with Crippen LogP contribution >= 0.6 is 11.8 Å². The number of aliphatic hydroxyl groups excluding tert-OH is 1. The lowest BCUT2D eigenvalue weighted by atomic mass is 10.5. The maximum Gasteiger partial charge on any atom is 0.415 e. The fraction of sp³-hybridized carbons (Fsp3) is 0.500. The van der Waals surface area contributed by atoms with E-state index < -0.39 is 17.0 Å². The van der Waals surface area contributed by atoms with Crippen LogP contribution in [0.25, 0.3) is 0 Å². The summed E-state index contributed by atoms with van der Waals surface area (Å²) in [5.41, 5.74) is 0. The Balaban J connectivity index is 2.48. The Morgan fingerprint density at radius 2 is 2.31 bits per heavy atom. The quantitative estimate of drug-likeness (QED) is 0.404. The molecule has 0 radical (unpaired) electrons. The Morgan fingerprint density at radius 3 is 2.88 bits per heavy atom. The third-order valence-corrected chi connectivity index (χ3v) is 2.51. The van der Waals surface area contributed by atoms with E-state index in [0.29, 0.717) is 5.16 Å². The molecule has 0 saturated carbocycles. The second kappa shape index (κ2) is 3.72. The molecule has 86 valence electrons. The fourth-order valence-corrected chi connectivity index (χ4v) is 1.60. The molecular weight excluding hydrogens is 236 g/mol. The van der Waals surface area contributed by atoms with Crippen LogP contribution < -0.4 is 5.01 Å². The average Bonchev–Trinajstić information content (AvgIpc) is 2.67. The highest BCUT2D eigenvalue weighted by Crippen LogP contribution is 2.24. The van der Waals surface area contributed by atoms with Crippen LogP contribution in [0.1, 0.15) is 6.23 Å². The van der Waals surface area contributed by atoms with Crippen molar-refractivity contribution < 1.29 is 10.0 Å². The predicted octanol–water partition coefficient (Wildman–Crippen LogP) is -0.469. The van der Waals surface area contributed by atoms with Crippen LogP contribution in [0, 0.1) is 10.1 Å². The largest absolute Gasteiger partial charge is 0.415 e. The van der Waals surface area contributed by atoms with Crippen LogP contribution in [0.5, 0.6) is 0 Å². The van der Waals surface area contributed by atoms with Crippen LogP contribution in [0.4, 0.5) is 5.95 Å². The van der Waals surface area contributed by atoms with Crippen LogP contribution in [0.2, 0.25) is 0 Å². The van der Waals surface area contributed by atoms with Crippen LogP contribution in [-0.4, -0.2) is 43.9 Å². The second-order valence-corrected chi connectivity index (χ2v) is 3.73. The zero-order valence-electron chi connectivity index (χ0n) is 8.43. The number of rotatable bonds is 1. The van der Waals surface area contributed by atoms with Gasteiger partial charge >= 0.3 is 5.84 Å². The van der Waals surface area contributed by atoms with Gasteiger partial charge in [-0.15, -0.1) is 10.1 Å². The lowest BCUT2D eigenvalue weighted by molar-refractivity contribution is -0.362. The summed E-state index contributed by atoms with van der Waals surface area (Å²) >= 11 is 1.27. The summed E-state index contributed by atoms with van der Waals surface area (Å²) in [6.45, 7) is 0. The first kappa shape index (κ1) is 10.8. The van der Waals surface area contributed by atoms with Gasteiger partial charge in [0.1, 0.15) is 0 Å². The van der Waals surface area contributed by atoms with Gasteiger partial charge in [0.15, 0.2) is 0 Å². The molecule has 0 fully saturated rings. The lowest BCUT2D eigenvalue weighted by Gasteiger charge is -2.17. The first-order chi connectivity index (χ1) is 7.54. The summed E-state index contributed by atoms with van der Waals surface area (Å²) in [5.74, 6) is -0.310. The van der Waals surface area contributed by atoms with E-state index in [0.717, 1.165) is 4.68 Å². The number of thioether (sulfide) groups is 1. The van der Waals surface area contributed by atoms with Crippen LogP contribution in [0.3, 0.4) is 0 Å². The molecule has 1 N–H and O–H groups in total. The van der Waals surface area contributed by atoms with Crippen LogP contribution in [0.15, 0.2) is 10.3 Å². The van der Waals surface area contributed by atoms with Gasteiger partial charge in [0, 0.05) is 0 Å². The third-order valence-electron chi connectivity index (χ3n) is 1.97. The topological polar surface area (TPSA) is 110 Å². The number of amidine groups is 1. The second-order valence-electron chi connectivity index (χ2n) is 2.96. The molecule has 9 nitrogen and oxygen atoms in total. The van der Waals surface area contributed by atoms with Gasteiger partial charge in [0.05, 0.1) is 12.1 Å². The molecule has 16 heavy (non-hydrogen) atoms. The maximum absolute atomic E-state index is 10.6. The first-order valence-electron chi connectivity index (χ1n) is 4.20. The summed E-state index contributed by atoms with van der Waals surface area (Å²) < 4.78 is 1.07. The van der Waals surface area contributed by atoms with Gasteiger partial charge in [-0.2, -0.15) is 9.67 Å². The SMILES string of the molecule is CSc1nc2n(n1)C(O)C([N+](=O)[O-])=NN2C. The molecule has 10 heteroatoms. The number of nitro groups is 1. The zero-order valence-corrected chi connectivity index (χ0v) is 9.25. The minimum atomic E-state index is -1.50. The van der Waals surface area contributed by atoms with Crippen molar-refractivity contribution in [3.63, 3.8) is 0 Å². The monoisotopic (exact) mass is 244 g/mol. The molecule has 1 aromatic heterocycles. The molecule has 0 aliphatic carbocycles. The molecule has 1 aromatic rings. The number of nitrogens with zero attached hydrogens (tertiary/aromatic N) is 6. The van der Waals surface area contributed by atoms with E-state index >= 15 is 0 Å². The lowest BCUT2D eigenvalue weighted by Crippen LogP contribution is -2.35. The summed E-state index contributed by atoms with van der Waals surface area (Å²) in [4.78, 5) is 13.9.